The lowest BCUT2D eigenvalue weighted by atomic mass is 9.89. The highest BCUT2D eigenvalue weighted by Crippen LogP contribution is 2.27. The zero-order chi connectivity index (χ0) is 20.3. The number of carbonyl (C=O) groups is 1. The van der Waals surface area contributed by atoms with Crippen molar-refractivity contribution in [3.8, 4) is 0 Å². The quantitative estimate of drug-likeness (QED) is 0.725. The molecule has 154 valence electrons. The third kappa shape index (κ3) is 4.47. The van der Waals surface area contributed by atoms with Gasteiger partial charge in [0.2, 0.25) is 0 Å². The standard InChI is InChI=1S/C21H32N4O3/c1-5-25-18-9-8-15(22-13-21(2,3)14-26)11-17(18)19(23-25)20(27)24(4)12-16-7-6-10-28-16/h6-7,10,15,22,26H,5,8-9,11-14H2,1-4H3. The Morgan fingerprint density at radius 1 is 1.50 bits per heavy atom. The Hall–Kier alpha value is -2.12. The Balaban J connectivity index is 1.76. The van der Waals surface area contributed by atoms with Crippen molar-refractivity contribution < 1.29 is 14.3 Å². The van der Waals surface area contributed by atoms with Crippen molar-refractivity contribution in [3.63, 3.8) is 0 Å². The predicted octanol–water partition coefficient (Wildman–Crippen LogP) is 2.23. The number of furan rings is 1. The van der Waals surface area contributed by atoms with Gasteiger partial charge in [0.15, 0.2) is 5.69 Å². The van der Waals surface area contributed by atoms with E-state index in [1.807, 2.05) is 30.7 Å². The fraction of sp³-hybridized carbons (Fsp3) is 0.619. The molecule has 1 aliphatic carbocycles. The normalized spacial score (nSPS) is 16.8. The van der Waals surface area contributed by atoms with Gasteiger partial charge in [-0.1, -0.05) is 13.8 Å². The number of aliphatic hydroxyl groups excluding tert-OH is 1. The van der Waals surface area contributed by atoms with Crippen LogP contribution in [0.5, 0.6) is 0 Å². The van der Waals surface area contributed by atoms with Gasteiger partial charge in [-0.05, 0) is 38.3 Å². The zero-order valence-corrected chi connectivity index (χ0v) is 17.4. The number of aryl methyl sites for hydroxylation is 1. The maximum atomic E-state index is 13.1. The second-order valence-electron chi connectivity index (χ2n) is 8.47. The molecule has 1 unspecified atom stereocenters. The first-order valence-corrected chi connectivity index (χ1v) is 10.0. The lowest BCUT2D eigenvalue weighted by Gasteiger charge is -2.29. The highest BCUT2D eigenvalue weighted by molar-refractivity contribution is 5.94. The Labute approximate surface area is 166 Å². The van der Waals surface area contributed by atoms with Crippen LogP contribution in [0.25, 0.3) is 0 Å². The summed E-state index contributed by atoms with van der Waals surface area (Å²) in [6, 6.07) is 3.98. The number of aromatic nitrogens is 2. The van der Waals surface area contributed by atoms with Crippen LogP contribution in [0.3, 0.4) is 0 Å². The number of fused-ring (bicyclic) bond motifs is 1. The van der Waals surface area contributed by atoms with E-state index in [9.17, 15) is 9.90 Å². The minimum Gasteiger partial charge on any atom is -0.467 e. The Bertz CT molecular complexity index is 795. The van der Waals surface area contributed by atoms with Gasteiger partial charge in [-0.3, -0.25) is 9.48 Å². The summed E-state index contributed by atoms with van der Waals surface area (Å²) in [6.07, 6.45) is 4.32. The summed E-state index contributed by atoms with van der Waals surface area (Å²) in [5, 5.41) is 17.7. The van der Waals surface area contributed by atoms with Crippen LogP contribution >= 0.6 is 0 Å². The molecule has 0 radical (unpaired) electrons. The lowest BCUT2D eigenvalue weighted by Crippen LogP contribution is -2.42. The molecule has 2 aromatic heterocycles. The van der Waals surface area contributed by atoms with Crippen molar-refractivity contribution in [2.24, 2.45) is 5.41 Å². The van der Waals surface area contributed by atoms with Crippen LogP contribution in [0.15, 0.2) is 22.8 Å². The highest BCUT2D eigenvalue weighted by atomic mass is 16.3. The summed E-state index contributed by atoms with van der Waals surface area (Å²) in [4.78, 5) is 14.8. The first-order chi connectivity index (χ1) is 13.3. The molecule has 28 heavy (non-hydrogen) atoms. The number of nitrogens with zero attached hydrogens (tertiary/aromatic N) is 3. The SMILES string of the molecule is CCn1nc(C(=O)N(C)Cc2ccco2)c2c1CCC(NCC(C)(C)CO)C2. The van der Waals surface area contributed by atoms with E-state index in [1.54, 1.807) is 18.2 Å². The Kier molecular flexibility index (Phi) is 6.25. The maximum Gasteiger partial charge on any atom is 0.274 e. The average Bonchev–Trinajstić information content (AvgIpc) is 3.33. The summed E-state index contributed by atoms with van der Waals surface area (Å²) in [7, 11) is 1.78. The number of aliphatic hydroxyl groups is 1. The molecule has 7 nitrogen and oxygen atoms in total. The molecule has 0 bridgehead atoms. The van der Waals surface area contributed by atoms with Gasteiger partial charge in [0.1, 0.15) is 5.76 Å². The van der Waals surface area contributed by atoms with Gasteiger partial charge in [-0.15, -0.1) is 0 Å². The molecule has 2 N–H and O–H groups in total. The van der Waals surface area contributed by atoms with E-state index in [1.165, 1.54) is 5.69 Å². The van der Waals surface area contributed by atoms with Gasteiger partial charge in [-0.25, -0.2) is 0 Å². The van der Waals surface area contributed by atoms with Crippen molar-refractivity contribution in [1.29, 1.82) is 0 Å². The van der Waals surface area contributed by atoms with Gasteiger partial charge < -0.3 is 19.7 Å². The highest BCUT2D eigenvalue weighted by Gasteiger charge is 2.31. The van der Waals surface area contributed by atoms with E-state index in [-0.39, 0.29) is 24.0 Å². The monoisotopic (exact) mass is 388 g/mol. The van der Waals surface area contributed by atoms with Crippen molar-refractivity contribution in [1.82, 2.24) is 20.0 Å². The second-order valence-corrected chi connectivity index (χ2v) is 8.47. The van der Waals surface area contributed by atoms with Crippen LogP contribution in [-0.2, 0) is 25.9 Å². The Morgan fingerprint density at radius 3 is 2.93 bits per heavy atom. The number of rotatable bonds is 8. The number of nitrogens with one attached hydrogen (secondary N) is 1. The molecule has 0 saturated heterocycles. The van der Waals surface area contributed by atoms with Crippen molar-refractivity contribution >= 4 is 5.91 Å². The number of amides is 1. The molecule has 0 spiro atoms. The number of hydrogen-bond acceptors (Lipinski definition) is 5. The minimum absolute atomic E-state index is 0.0730. The summed E-state index contributed by atoms with van der Waals surface area (Å²) >= 11 is 0. The van der Waals surface area contributed by atoms with Gasteiger partial charge in [-0.2, -0.15) is 5.10 Å². The maximum absolute atomic E-state index is 13.1. The number of hydrogen-bond donors (Lipinski definition) is 2. The van der Waals surface area contributed by atoms with Crippen molar-refractivity contribution in [2.45, 2.75) is 59.2 Å². The summed E-state index contributed by atoms with van der Waals surface area (Å²) < 4.78 is 7.34. The molecule has 1 aliphatic rings. The molecule has 0 fully saturated rings. The third-order valence-electron chi connectivity index (χ3n) is 5.47. The van der Waals surface area contributed by atoms with Gasteiger partial charge in [0.05, 0.1) is 12.8 Å². The van der Waals surface area contributed by atoms with Crippen LogP contribution in [0.4, 0.5) is 0 Å². The van der Waals surface area contributed by atoms with Gasteiger partial charge in [0.25, 0.3) is 5.91 Å². The molecule has 0 saturated carbocycles. The van der Waals surface area contributed by atoms with Crippen LogP contribution in [0.2, 0.25) is 0 Å². The lowest BCUT2D eigenvalue weighted by molar-refractivity contribution is 0.0767. The molecule has 0 aliphatic heterocycles. The summed E-state index contributed by atoms with van der Waals surface area (Å²) in [5.41, 5.74) is 2.63. The molecule has 7 heteroatoms. The third-order valence-corrected chi connectivity index (χ3v) is 5.47. The van der Waals surface area contributed by atoms with Gasteiger partial charge in [0, 0.05) is 49.5 Å². The van der Waals surface area contributed by atoms with Crippen LogP contribution < -0.4 is 5.32 Å². The van der Waals surface area contributed by atoms with Crippen molar-refractivity contribution in [3.05, 3.63) is 41.1 Å². The first kappa shape index (κ1) is 20.6. The minimum atomic E-state index is -0.157. The van der Waals surface area contributed by atoms with Crippen LogP contribution in [-0.4, -0.2) is 51.9 Å². The van der Waals surface area contributed by atoms with E-state index in [4.69, 9.17) is 4.42 Å². The van der Waals surface area contributed by atoms with Crippen LogP contribution in [0, 0.1) is 5.41 Å². The molecular formula is C21H32N4O3. The summed E-state index contributed by atoms with van der Waals surface area (Å²) in [6.45, 7) is 8.21. The fourth-order valence-electron chi connectivity index (χ4n) is 3.66. The van der Waals surface area contributed by atoms with Crippen LogP contribution in [0.1, 0.15) is 54.7 Å². The molecule has 2 heterocycles. The largest absolute Gasteiger partial charge is 0.467 e. The van der Waals surface area contributed by atoms with E-state index < -0.39 is 0 Å². The molecular weight excluding hydrogens is 356 g/mol. The molecule has 2 aromatic rings. The van der Waals surface area contributed by atoms with E-state index in [2.05, 4.69) is 17.3 Å². The van der Waals surface area contributed by atoms with E-state index in [0.717, 1.165) is 43.7 Å². The zero-order valence-electron chi connectivity index (χ0n) is 17.4. The van der Waals surface area contributed by atoms with Crippen molar-refractivity contribution in [2.75, 3.05) is 20.2 Å². The molecule has 1 amide bonds. The van der Waals surface area contributed by atoms with Gasteiger partial charge >= 0.3 is 0 Å². The first-order valence-electron chi connectivity index (χ1n) is 10.0. The Morgan fingerprint density at radius 2 is 2.29 bits per heavy atom. The molecule has 1 atom stereocenters. The average molecular weight is 389 g/mol. The molecule has 0 aromatic carbocycles. The summed E-state index contributed by atoms with van der Waals surface area (Å²) in [5.74, 6) is 0.682. The predicted molar refractivity (Wildman–Crippen MR) is 107 cm³/mol. The van der Waals surface area contributed by atoms with E-state index >= 15 is 0 Å². The number of carbonyl (C=O) groups excluding carboxylic acids is 1. The van der Waals surface area contributed by atoms with E-state index in [0.29, 0.717) is 12.2 Å². The molecule has 3 rings (SSSR count). The topological polar surface area (TPSA) is 83.5 Å². The fourth-order valence-corrected chi connectivity index (χ4v) is 3.66. The second kappa shape index (κ2) is 8.49. The smallest absolute Gasteiger partial charge is 0.274 e.